The minimum absolute atomic E-state index is 0.644. The summed E-state index contributed by atoms with van der Waals surface area (Å²) in [6.07, 6.45) is 1.71. The molecular formula is C16H16N4S. The average molecular weight is 296 g/mol. The Morgan fingerprint density at radius 2 is 1.71 bits per heavy atom. The van der Waals surface area contributed by atoms with Crippen LogP contribution < -0.4 is 5.73 Å². The number of fused-ring (bicyclic) bond motifs is 2. The Morgan fingerprint density at radius 1 is 1.00 bits per heavy atom. The zero-order valence-electron chi connectivity index (χ0n) is 11.9. The second-order valence-electron chi connectivity index (χ2n) is 4.95. The molecule has 0 aliphatic rings. The SMILES string of the molecule is Cc1ccc2nc(N)sc2c1.Cc1ccc2nc[nH]c2c1. The predicted molar refractivity (Wildman–Crippen MR) is 89.6 cm³/mol. The molecule has 0 spiro atoms. The standard InChI is InChI=1S/C8H8N2S.C8H8N2/c1-5-2-3-6-7(4-5)11-8(9)10-6;1-6-2-3-7-8(4-6)10-5-9-7/h2-4H,1H3,(H2,9,10);2-5H,1H3,(H,9,10). The molecule has 21 heavy (non-hydrogen) atoms. The molecule has 0 atom stereocenters. The van der Waals surface area contributed by atoms with Gasteiger partial charge < -0.3 is 10.7 Å². The number of nitrogen functional groups attached to an aromatic ring is 1. The maximum Gasteiger partial charge on any atom is 0.181 e. The van der Waals surface area contributed by atoms with Gasteiger partial charge in [0.15, 0.2) is 5.13 Å². The predicted octanol–water partition coefficient (Wildman–Crippen LogP) is 4.06. The van der Waals surface area contributed by atoms with Gasteiger partial charge in [-0.1, -0.05) is 23.5 Å². The van der Waals surface area contributed by atoms with Gasteiger partial charge in [-0.05, 0) is 49.2 Å². The van der Waals surface area contributed by atoms with Crippen LogP contribution in [0.4, 0.5) is 5.13 Å². The Balaban J connectivity index is 0.000000126. The van der Waals surface area contributed by atoms with E-state index >= 15 is 0 Å². The average Bonchev–Trinajstić information content (AvgIpc) is 3.03. The van der Waals surface area contributed by atoms with Gasteiger partial charge in [-0.3, -0.25) is 0 Å². The number of thiazole rings is 1. The van der Waals surface area contributed by atoms with Crippen LogP contribution in [0.5, 0.6) is 0 Å². The molecule has 0 saturated carbocycles. The normalized spacial score (nSPS) is 10.6. The summed E-state index contributed by atoms with van der Waals surface area (Å²) in [6, 6.07) is 12.3. The van der Waals surface area contributed by atoms with Crippen LogP contribution in [0.25, 0.3) is 21.3 Å². The lowest BCUT2D eigenvalue weighted by Crippen LogP contribution is -1.78. The molecule has 5 heteroatoms. The number of nitrogens with two attached hydrogens (primary N) is 1. The molecule has 4 nitrogen and oxygen atoms in total. The van der Waals surface area contributed by atoms with Crippen molar-refractivity contribution >= 4 is 37.7 Å². The van der Waals surface area contributed by atoms with Crippen LogP contribution in [0.2, 0.25) is 0 Å². The van der Waals surface area contributed by atoms with Gasteiger partial charge in [0.2, 0.25) is 0 Å². The van der Waals surface area contributed by atoms with Gasteiger partial charge in [0.05, 0.1) is 27.6 Å². The molecular weight excluding hydrogens is 280 g/mol. The first-order chi connectivity index (χ1) is 10.1. The molecule has 0 fully saturated rings. The van der Waals surface area contributed by atoms with Crippen molar-refractivity contribution in [1.29, 1.82) is 0 Å². The van der Waals surface area contributed by atoms with E-state index in [9.17, 15) is 0 Å². The van der Waals surface area contributed by atoms with Crippen molar-refractivity contribution in [2.75, 3.05) is 5.73 Å². The fourth-order valence-electron chi connectivity index (χ4n) is 2.10. The molecule has 2 heterocycles. The van der Waals surface area contributed by atoms with E-state index in [0.717, 1.165) is 16.6 Å². The summed E-state index contributed by atoms with van der Waals surface area (Å²) in [4.78, 5) is 11.3. The monoisotopic (exact) mass is 296 g/mol. The van der Waals surface area contributed by atoms with Crippen LogP contribution in [-0.4, -0.2) is 15.0 Å². The number of aryl methyl sites for hydroxylation is 2. The lowest BCUT2D eigenvalue weighted by atomic mass is 10.2. The van der Waals surface area contributed by atoms with Crippen molar-refractivity contribution in [1.82, 2.24) is 15.0 Å². The minimum atomic E-state index is 0.644. The Hall–Kier alpha value is -2.40. The van der Waals surface area contributed by atoms with Gasteiger partial charge in [0.1, 0.15) is 0 Å². The summed E-state index contributed by atoms with van der Waals surface area (Å²) in [7, 11) is 0. The first kappa shape index (κ1) is 13.6. The molecule has 2 aromatic carbocycles. The molecule has 106 valence electrons. The van der Waals surface area contributed by atoms with E-state index in [1.54, 1.807) is 6.33 Å². The highest BCUT2D eigenvalue weighted by Crippen LogP contribution is 2.23. The third-order valence-electron chi connectivity index (χ3n) is 3.14. The number of hydrogen-bond donors (Lipinski definition) is 2. The first-order valence-corrected chi connectivity index (χ1v) is 7.46. The summed E-state index contributed by atoms with van der Waals surface area (Å²) in [5.41, 5.74) is 11.2. The van der Waals surface area contributed by atoms with Crippen molar-refractivity contribution < 1.29 is 0 Å². The van der Waals surface area contributed by atoms with Crippen LogP contribution in [0.15, 0.2) is 42.7 Å². The molecule has 0 bridgehead atoms. The van der Waals surface area contributed by atoms with E-state index < -0.39 is 0 Å². The van der Waals surface area contributed by atoms with E-state index in [-0.39, 0.29) is 0 Å². The van der Waals surface area contributed by atoms with E-state index in [2.05, 4.69) is 47.0 Å². The maximum atomic E-state index is 5.55. The number of hydrogen-bond acceptors (Lipinski definition) is 4. The highest BCUT2D eigenvalue weighted by Gasteiger charge is 1.98. The zero-order valence-corrected chi connectivity index (χ0v) is 12.7. The summed E-state index contributed by atoms with van der Waals surface area (Å²) in [5.74, 6) is 0. The number of H-pyrrole nitrogens is 1. The maximum absolute atomic E-state index is 5.55. The fraction of sp³-hybridized carbons (Fsp3) is 0.125. The fourth-order valence-corrected chi connectivity index (χ4v) is 2.93. The van der Waals surface area contributed by atoms with Gasteiger partial charge in [0.25, 0.3) is 0 Å². The molecule has 4 rings (SSSR count). The van der Waals surface area contributed by atoms with Crippen LogP contribution in [0.3, 0.4) is 0 Å². The Kier molecular flexibility index (Phi) is 3.58. The third kappa shape index (κ3) is 3.03. The molecule has 0 amide bonds. The van der Waals surface area contributed by atoms with Crippen molar-refractivity contribution in [3.63, 3.8) is 0 Å². The van der Waals surface area contributed by atoms with Gasteiger partial charge in [-0.2, -0.15) is 0 Å². The highest BCUT2D eigenvalue weighted by atomic mass is 32.1. The van der Waals surface area contributed by atoms with Crippen molar-refractivity contribution in [3.05, 3.63) is 53.9 Å². The van der Waals surface area contributed by atoms with E-state index in [4.69, 9.17) is 5.73 Å². The third-order valence-corrected chi connectivity index (χ3v) is 3.98. The zero-order chi connectivity index (χ0) is 14.8. The number of aromatic amines is 1. The molecule has 0 radical (unpaired) electrons. The number of nitrogens with one attached hydrogen (secondary N) is 1. The number of aromatic nitrogens is 3. The lowest BCUT2D eigenvalue weighted by Gasteiger charge is -1.89. The molecule has 0 saturated heterocycles. The number of imidazole rings is 1. The summed E-state index contributed by atoms with van der Waals surface area (Å²) >= 11 is 1.53. The van der Waals surface area contributed by atoms with Crippen LogP contribution >= 0.6 is 11.3 Å². The minimum Gasteiger partial charge on any atom is -0.375 e. The number of anilines is 1. The van der Waals surface area contributed by atoms with E-state index in [1.807, 2.05) is 18.2 Å². The molecule has 0 aliphatic carbocycles. The van der Waals surface area contributed by atoms with Crippen molar-refractivity contribution in [2.45, 2.75) is 13.8 Å². The summed E-state index contributed by atoms with van der Waals surface area (Å²) in [6.45, 7) is 4.13. The van der Waals surface area contributed by atoms with E-state index in [0.29, 0.717) is 5.13 Å². The second kappa shape index (κ2) is 5.54. The summed E-state index contributed by atoms with van der Waals surface area (Å²) < 4.78 is 1.17. The van der Waals surface area contributed by atoms with Crippen molar-refractivity contribution in [2.24, 2.45) is 0 Å². The Morgan fingerprint density at radius 3 is 2.52 bits per heavy atom. The molecule has 2 aromatic heterocycles. The second-order valence-corrected chi connectivity index (χ2v) is 6.01. The topological polar surface area (TPSA) is 67.6 Å². The molecule has 3 N–H and O–H groups in total. The largest absolute Gasteiger partial charge is 0.375 e. The smallest absolute Gasteiger partial charge is 0.181 e. The van der Waals surface area contributed by atoms with Gasteiger partial charge >= 0.3 is 0 Å². The van der Waals surface area contributed by atoms with Gasteiger partial charge in [-0.15, -0.1) is 0 Å². The van der Waals surface area contributed by atoms with Gasteiger partial charge in [0, 0.05) is 0 Å². The quantitative estimate of drug-likeness (QED) is 0.514. The number of benzene rings is 2. The highest BCUT2D eigenvalue weighted by molar-refractivity contribution is 7.22. The Labute approximate surface area is 126 Å². The van der Waals surface area contributed by atoms with Crippen LogP contribution in [0.1, 0.15) is 11.1 Å². The van der Waals surface area contributed by atoms with E-state index in [1.165, 1.54) is 27.2 Å². The summed E-state index contributed by atoms with van der Waals surface area (Å²) in [5, 5.41) is 0.644. The van der Waals surface area contributed by atoms with Crippen LogP contribution in [0, 0.1) is 13.8 Å². The lowest BCUT2D eigenvalue weighted by molar-refractivity contribution is 1.34. The Bertz CT molecular complexity index is 891. The molecule has 4 aromatic rings. The molecule has 0 unspecified atom stereocenters. The van der Waals surface area contributed by atoms with Crippen molar-refractivity contribution in [3.8, 4) is 0 Å². The molecule has 0 aliphatic heterocycles. The van der Waals surface area contributed by atoms with Gasteiger partial charge in [-0.25, -0.2) is 9.97 Å². The number of rotatable bonds is 0. The number of nitrogens with zero attached hydrogens (tertiary/aromatic N) is 2. The van der Waals surface area contributed by atoms with Crippen LogP contribution in [-0.2, 0) is 0 Å². The first-order valence-electron chi connectivity index (χ1n) is 6.64.